The Morgan fingerprint density at radius 1 is 0.960 bits per heavy atom. The van der Waals surface area contributed by atoms with Crippen LogP contribution < -0.4 is 5.73 Å². The third-order valence-electron chi connectivity index (χ3n) is 3.52. The van der Waals surface area contributed by atoms with Crippen LogP contribution in [0.25, 0.3) is 34.2 Å². The van der Waals surface area contributed by atoms with Crippen LogP contribution in [-0.4, -0.2) is 25.2 Å². The Hall–Kier alpha value is -3.32. The lowest BCUT2D eigenvalue weighted by atomic mass is 10.1. The van der Waals surface area contributed by atoms with Crippen molar-refractivity contribution in [3.8, 4) is 22.0 Å². The summed E-state index contributed by atoms with van der Waals surface area (Å²) in [5, 5.41) is 13.1. The number of nitrogen functional groups attached to an aromatic ring is 1. The Bertz CT molecular complexity index is 1000. The number of nitrogens with zero attached hydrogens (tertiary/aromatic N) is 5. The zero-order valence-electron chi connectivity index (χ0n) is 13.1. The molecule has 0 spiro atoms. The Labute approximate surface area is 148 Å². The number of tetrazole rings is 1. The van der Waals surface area contributed by atoms with Crippen molar-refractivity contribution in [2.45, 2.75) is 0 Å². The molecule has 4 rings (SSSR count). The second-order valence-corrected chi connectivity index (χ2v) is 6.29. The zero-order valence-corrected chi connectivity index (χ0v) is 14.0. The minimum absolute atomic E-state index is 0.477. The fourth-order valence-corrected chi connectivity index (χ4v) is 3.16. The van der Waals surface area contributed by atoms with E-state index in [2.05, 4.69) is 20.4 Å². The van der Waals surface area contributed by atoms with E-state index in [-0.39, 0.29) is 0 Å². The van der Waals surface area contributed by atoms with Gasteiger partial charge in [-0.2, -0.15) is 0 Å². The van der Waals surface area contributed by atoms with Gasteiger partial charge in [0.25, 0.3) is 0 Å². The van der Waals surface area contributed by atoms with Crippen molar-refractivity contribution in [1.29, 1.82) is 0 Å². The van der Waals surface area contributed by atoms with E-state index in [1.54, 1.807) is 6.20 Å². The Morgan fingerprint density at radius 2 is 1.68 bits per heavy atom. The average molecular weight is 346 g/mol. The Kier molecular flexibility index (Phi) is 4.05. The maximum atomic E-state index is 5.91. The SMILES string of the molecule is Nc1nc(-c2ccccc2)c(-c2nnn(C=Cc3ccccc3)n2)s1. The summed E-state index contributed by atoms with van der Waals surface area (Å²) in [5.74, 6) is 0.505. The molecule has 0 saturated carbocycles. The summed E-state index contributed by atoms with van der Waals surface area (Å²) in [6.07, 6.45) is 3.68. The van der Waals surface area contributed by atoms with Crippen LogP contribution in [0.15, 0.2) is 60.7 Å². The van der Waals surface area contributed by atoms with Crippen molar-refractivity contribution in [1.82, 2.24) is 25.2 Å². The molecule has 122 valence electrons. The van der Waals surface area contributed by atoms with Gasteiger partial charge in [0.2, 0.25) is 5.82 Å². The first-order valence-corrected chi connectivity index (χ1v) is 8.46. The minimum Gasteiger partial charge on any atom is -0.375 e. The fraction of sp³-hybridized carbons (Fsp3) is 0. The summed E-state index contributed by atoms with van der Waals surface area (Å²) in [4.78, 5) is 6.67. The van der Waals surface area contributed by atoms with E-state index in [9.17, 15) is 0 Å². The van der Waals surface area contributed by atoms with Crippen LogP contribution >= 0.6 is 11.3 Å². The molecule has 0 radical (unpaired) electrons. The van der Waals surface area contributed by atoms with E-state index in [0.717, 1.165) is 21.7 Å². The molecule has 4 aromatic rings. The third-order valence-corrected chi connectivity index (χ3v) is 4.40. The van der Waals surface area contributed by atoms with Crippen LogP contribution in [0.3, 0.4) is 0 Å². The number of hydrogen-bond donors (Lipinski definition) is 1. The van der Waals surface area contributed by atoms with E-state index in [4.69, 9.17) is 5.73 Å². The third kappa shape index (κ3) is 3.31. The predicted octanol–water partition coefficient (Wildman–Crippen LogP) is 3.67. The van der Waals surface area contributed by atoms with Gasteiger partial charge in [0.05, 0.1) is 11.9 Å². The maximum Gasteiger partial charge on any atom is 0.217 e. The van der Waals surface area contributed by atoms with E-state index in [0.29, 0.717) is 11.0 Å². The van der Waals surface area contributed by atoms with Gasteiger partial charge >= 0.3 is 0 Å². The van der Waals surface area contributed by atoms with Gasteiger partial charge in [-0.3, -0.25) is 0 Å². The van der Waals surface area contributed by atoms with Gasteiger partial charge < -0.3 is 5.73 Å². The van der Waals surface area contributed by atoms with E-state index in [1.165, 1.54) is 16.1 Å². The summed E-state index contributed by atoms with van der Waals surface area (Å²) in [7, 11) is 0. The molecule has 2 aromatic heterocycles. The van der Waals surface area contributed by atoms with Crippen LogP contribution in [-0.2, 0) is 0 Å². The molecule has 0 aliphatic heterocycles. The molecular weight excluding hydrogens is 332 g/mol. The summed E-state index contributed by atoms with van der Waals surface area (Å²) < 4.78 is 0. The predicted molar refractivity (Wildman–Crippen MR) is 100 cm³/mol. The molecular formula is C18H14N6S. The molecule has 0 unspecified atom stereocenters. The number of benzene rings is 2. The molecule has 0 fully saturated rings. The van der Waals surface area contributed by atoms with Crippen molar-refractivity contribution >= 4 is 28.7 Å². The van der Waals surface area contributed by atoms with Crippen molar-refractivity contribution in [2.75, 3.05) is 5.73 Å². The lowest BCUT2D eigenvalue weighted by Gasteiger charge is -1.97. The number of hydrogen-bond acceptors (Lipinski definition) is 6. The first-order chi connectivity index (χ1) is 12.3. The van der Waals surface area contributed by atoms with Gasteiger partial charge in [-0.15, -0.1) is 15.0 Å². The lowest BCUT2D eigenvalue weighted by molar-refractivity contribution is 0.761. The Balaban J connectivity index is 1.66. The highest BCUT2D eigenvalue weighted by Gasteiger charge is 2.17. The molecule has 0 saturated heterocycles. The maximum absolute atomic E-state index is 5.91. The highest BCUT2D eigenvalue weighted by molar-refractivity contribution is 7.19. The fourth-order valence-electron chi connectivity index (χ4n) is 2.38. The molecule has 6 nitrogen and oxygen atoms in total. The van der Waals surface area contributed by atoms with Gasteiger partial charge in [-0.1, -0.05) is 72.0 Å². The molecule has 7 heteroatoms. The average Bonchev–Trinajstić information content (AvgIpc) is 3.28. The van der Waals surface area contributed by atoms with Crippen LogP contribution in [0.4, 0.5) is 5.13 Å². The number of aromatic nitrogens is 5. The molecule has 0 atom stereocenters. The Morgan fingerprint density at radius 3 is 2.44 bits per heavy atom. The normalized spacial score (nSPS) is 11.2. The monoisotopic (exact) mass is 346 g/mol. The lowest BCUT2D eigenvalue weighted by Crippen LogP contribution is -1.91. The van der Waals surface area contributed by atoms with E-state index in [1.807, 2.05) is 66.7 Å². The van der Waals surface area contributed by atoms with Crippen molar-refractivity contribution in [3.05, 3.63) is 66.2 Å². The number of rotatable bonds is 4. The summed E-state index contributed by atoms with van der Waals surface area (Å²) in [6.45, 7) is 0. The van der Waals surface area contributed by atoms with Crippen LogP contribution in [0.1, 0.15) is 5.56 Å². The van der Waals surface area contributed by atoms with E-state index >= 15 is 0 Å². The van der Waals surface area contributed by atoms with Crippen molar-refractivity contribution in [2.24, 2.45) is 0 Å². The van der Waals surface area contributed by atoms with Crippen LogP contribution in [0, 0.1) is 0 Å². The molecule has 2 N–H and O–H groups in total. The van der Waals surface area contributed by atoms with E-state index < -0.39 is 0 Å². The first-order valence-electron chi connectivity index (χ1n) is 7.64. The summed E-state index contributed by atoms with van der Waals surface area (Å²) in [5.41, 5.74) is 8.72. The standard InChI is InChI=1S/C18H14N6S/c19-18-20-15(14-9-5-2-6-10-14)16(25-18)17-21-23-24(22-17)12-11-13-7-3-1-4-8-13/h1-12H,(H2,19,20). The second-order valence-electron chi connectivity index (χ2n) is 5.26. The molecule has 2 heterocycles. The highest BCUT2D eigenvalue weighted by atomic mass is 32.1. The minimum atomic E-state index is 0.477. The van der Waals surface area contributed by atoms with Crippen molar-refractivity contribution in [3.63, 3.8) is 0 Å². The van der Waals surface area contributed by atoms with Gasteiger partial charge in [0.1, 0.15) is 4.88 Å². The highest BCUT2D eigenvalue weighted by Crippen LogP contribution is 2.35. The van der Waals surface area contributed by atoms with Gasteiger partial charge in [-0.25, -0.2) is 4.98 Å². The molecule has 2 aromatic carbocycles. The second kappa shape index (κ2) is 6.66. The largest absolute Gasteiger partial charge is 0.375 e. The molecule has 0 aliphatic carbocycles. The quantitative estimate of drug-likeness (QED) is 0.609. The molecule has 0 aliphatic rings. The molecule has 0 bridgehead atoms. The molecule has 25 heavy (non-hydrogen) atoms. The summed E-state index contributed by atoms with van der Waals surface area (Å²) in [6, 6.07) is 19.8. The van der Waals surface area contributed by atoms with Gasteiger partial charge in [0, 0.05) is 5.56 Å². The number of thiazole rings is 1. The number of nitrogens with two attached hydrogens (primary N) is 1. The van der Waals surface area contributed by atoms with Gasteiger partial charge in [-0.05, 0) is 16.9 Å². The number of anilines is 1. The smallest absolute Gasteiger partial charge is 0.217 e. The van der Waals surface area contributed by atoms with Crippen molar-refractivity contribution < 1.29 is 0 Å². The summed E-state index contributed by atoms with van der Waals surface area (Å²) >= 11 is 1.35. The van der Waals surface area contributed by atoms with Gasteiger partial charge in [0.15, 0.2) is 5.13 Å². The van der Waals surface area contributed by atoms with Crippen LogP contribution in [0.2, 0.25) is 0 Å². The topological polar surface area (TPSA) is 82.5 Å². The first kappa shape index (κ1) is 15.2. The molecule has 0 amide bonds. The zero-order chi connectivity index (χ0) is 17.1. The van der Waals surface area contributed by atoms with Crippen LogP contribution in [0.5, 0.6) is 0 Å².